The fraction of sp³-hybridized carbons (Fsp3) is 0.385. The number of aromatic nitrogens is 1. The fourth-order valence-electron chi connectivity index (χ4n) is 5.25. The van der Waals surface area contributed by atoms with Crippen LogP contribution in [0.2, 0.25) is 5.02 Å². The SMILES string of the molecule is CC(C)N1CN(C2C3=C(C=CC(C)(Cl)C3)CCc3ccc(Cl)cc32)n2ccc(=O)c(O)c2C1=O. The summed E-state index contributed by atoms with van der Waals surface area (Å²) in [6.07, 6.45) is 8.09. The Kier molecular flexibility index (Phi) is 5.57. The van der Waals surface area contributed by atoms with Gasteiger partial charge in [0.2, 0.25) is 5.43 Å². The van der Waals surface area contributed by atoms with Gasteiger partial charge in [0.15, 0.2) is 11.4 Å². The summed E-state index contributed by atoms with van der Waals surface area (Å²) >= 11 is 13.3. The summed E-state index contributed by atoms with van der Waals surface area (Å²) in [5.74, 6) is -0.913. The predicted octanol–water partition coefficient (Wildman–Crippen LogP) is 4.91. The van der Waals surface area contributed by atoms with Crippen LogP contribution < -0.4 is 10.4 Å². The number of allylic oxidation sites excluding steroid dienone is 3. The second-order valence-electron chi connectivity index (χ2n) is 9.76. The largest absolute Gasteiger partial charge is 0.502 e. The van der Waals surface area contributed by atoms with Crippen molar-refractivity contribution in [2.75, 3.05) is 11.7 Å². The van der Waals surface area contributed by atoms with E-state index in [2.05, 4.69) is 12.1 Å². The van der Waals surface area contributed by atoms with E-state index in [1.165, 1.54) is 17.2 Å². The molecule has 1 amide bonds. The van der Waals surface area contributed by atoms with Crippen LogP contribution in [0.3, 0.4) is 0 Å². The molecule has 0 spiro atoms. The smallest absolute Gasteiger partial charge is 0.278 e. The summed E-state index contributed by atoms with van der Waals surface area (Å²) in [5, 5.41) is 13.3. The molecule has 0 saturated carbocycles. The highest BCUT2D eigenvalue weighted by Gasteiger charge is 2.41. The Labute approximate surface area is 208 Å². The van der Waals surface area contributed by atoms with Gasteiger partial charge in [0, 0.05) is 23.3 Å². The van der Waals surface area contributed by atoms with Crippen molar-refractivity contribution in [3.8, 4) is 5.75 Å². The Hall–Kier alpha value is -2.70. The summed E-state index contributed by atoms with van der Waals surface area (Å²) in [4.78, 5) is 26.8. The molecule has 0 bridgehead atoms. The molecule has 1 N–H and O–H groups in total. The Morgan fingerprint density at radius 3 is 2.68 bits per heavy atom. The lowest BCUT2D eigenvalue weighted by atomic mass is 9.83. The molecule has 34 heavy (non-hydrogen) atoms. The van der Waals surface area contributed by atoms with Crippen molar-refractivity contribution in [2.24, 2.45) is 0 Å². The van der Waals surface area contributed by atoms with Crippen molar-refractivity contribution in [1.82, 2.24) is 9.58 Å². The number of hydrogen-bond donors (Lipinski definition) is 1. The number of halogens is 2. The molecule has 2 heterocycles. The maximum absolute atomic E-state index is 13.3. The Balaban J connectivity index is 1.79. The summed E-state index contributed by atoms with van der Waals surface area (Å²) in [6.45, 7) is 6.12. The standard InChI is InChI=1S/C26H27Cl2N3O3/c1-15(2)29-14-31(30-11-9-21(32)24(33)23(30)25(29)34)22-19-12-18(27)7-6-16(19)4-5-17-8-10-26(3,28)13-20(17)22/h6-12,15,22,33H,4-5,13-14H2,1-3H3. The van der Waals surface area contributed by atoms with Gasteiger partial charge in [-0.2, -0.15) is 0 Å². The topological polar surface area (TPSA) is 65.8 Å². The van der Waals surface area contributed by atoms with E-state index in [1.807, 2.05) is 44.0 Å². The van der Waals surface area contributed by atoms with Crippen molar-refractivity contribution in [3.05, 3.63) is 85.8 Å². The minimum Gasteiger partial charge on any atom is -0.502 e. The maximum atomic E-state index is 13.3. The number of pyridine rings is 1. The summed E-state index contributed by atoms with van der Waals surface area (Å²) in [5.41, 5.74) is 3.99. The minimum absolute atomic E-state index is 0.0255. The molecule has 3 aliphatic rings. The molecule has 0 radical (unpaired) electrons. The van der Waals surface area contributed by atoms with Gasteiger partial charge in [0.05, 0.1) is 10.9 Å². The lowest BCUT2D eigenvalue weighted by Crippen LogP contribution is -2.57. The first-order valence-corrected chi connectivity index (χ1v) is 12.2. The third-order valence-corrected chi connectivity index (χ3v) is 7.48. The van der Waals surface area contributed by atoms with Crippen LogP contribution in [-0.2, 0) is 6.42 Å². The van der Waals surface area contributed by atoms with E-state index in [-0.39, 0.29) is 30.4 Å². The number of rotatable bonds is 2. The van der Waals surface area contributed by atoms with E-state index >= 15 is 0 Å². The van der Waals surface area contributed by atoms with Crippen molar-refractivity contribution in [3.63, 3.8) is 0 Å². The Bertz CT molecular complexity index is 1310. The van der Waals surface area contributed by atoms with Gasteiger partial charge in [-0.15, -0.1) is 11.6 Å². The monoisotopic (exact) mass is 499 g/mol. The van der Waals surface area contributed by atoms with E-state index in [1.54, 1.807) is 15.8 Å². The number of carbonyl (C=O) groups is 1. The number of hydrogen-bond acceptors (Lipinski definition) is 4. The van der Waals surface area contributed by atoms with Crippen LogP contribution in [0.25, 0.3) is 0 Å². The van der Waals surface area contributed by atoms with E-state index in [9.17, 15) is 14.7 Å². The number of aromatic hydroxyl groups is 1. The molecule has 2 unspecified atom stereocenters. The highest BCUT2D eigenvalue weighted by Crippen LogP contribution is 2.46. The zero-order chi connectivity index (χ0) is 24.4. The van der Waals surface area contributed by atoms with Crippen molar-refractivity contribution in [2.45, 2.75) is 57.0 Å². The second-order valence-corrected chi connectivity index (χ2v) is 11.1. The van der Waals surface area contributed by atoms with Crippen molar-refractivity contribution >= 4 is 29.1 Å². The average molecular weight is 500 g/mol. The lowest BCUT2D eigenvalue weighted by molar-refractivity contribution is 0.0620. The first kappa shape index (κ1) is 23.1. The molecule has 2 aromatic rings. The minimum atomic E-state index is -0.580. The van der Waals surface area contributed by atoms with Gasteiger partial charge in [0.1, 0.15) is 6.67 Å². The first-order valence-electron chi connectivity index (χ1n) is 11.5. The summed E-state index contributed by atoms with van der Waals surface area (Å²) in [7, 11) is 0. The number of benzene rings is 1. The average Bonchev–Trinajstić information content (AvgIpc) is 2.91. The third kappa shape index (κ3) is 3.73. The zero-order valence-electron chi connectivity index (χ0n) is 19.4. The molecule has 0 saturated heterocycles. The maximum Gasteiger partial charge on any atom is 0.278 e. The molecular formula is C26H27Cl2N3O3. The molecule has 178 valence electrons. The summed E-state index contributed by atoms with van der Waals surface area (Å²) < 4.78 is 1.63. The molecule has 6 nitrogen and oxygen atoms in total. The van der Waals surface area contributed by atoms with Crippen LogP contribution in [0.4, 0.5) is 0 Å². The van der Waals surface area contributed by atoms with Crippen LogP contribution in [0.5, 0.6) is 5.75 Å². The van der Waals surface area contributed by atoms with E-state index in [0.717, 1.165) is 24.0 Å². The zero-order valence-corrected chi connectivity index (χ0v) is 20.9. The van der Waals surface area contributed by atoms with Gasteiger partial charge in [-0.05, 0) is 74.4 Å². The van der Waals surface area contributed by atoms with Crippen LogP contribution >= 0.6 is 23.2 Å². The van der Waals surface area contributed by atoms with Crippen LogP contribution in [0.15, 0.2) is 58.6 Å². The van der Waals surface area contributed by atoms with Gasteiger partial charge in [0.25, 0.3) is 5.91 Å². The highest BCUT2D eigenvalue weighted by atomic mass is 35.5. The molecule has 5 rings (SSSR count). The molecule has 0 fully saturated rings. The second kappa shape index (κ2) is 8.21. The number of carbonyl (C=O) groups excluding carboxylic acids is 1. The fourth-order valence-corrected chi connectivity index (χ4v) is 5.63. The molecular weight excluding hydrogens is 473 g/mol. The molecule has 1 aromatic heterocycles. The number of aryl methyl sites for hydroxylation is 1. The van der Waals surface area contributed by atoms with Crippen LogP contribution in [0, 0.1) is 0 Å². The van der Waals surface area contributed by atoms with Gasteiger partial charge < -0.3 is 10.0 Å². The molecule has 1 aromatic carbocycles. The van der Waals surface area contributed by atoms with Gasteiger partial charge in [-0.25, -0.2) is 0 Å². The van der Waals surface area contributed by atoms with Crippen molar-refractivity contribution in [1.29, 1.82) is 0 Å². The lowest BCUT2D eigenvalue weighted by Gasteiger charge is -2.47. The van der Waals surface area contributed by atoms with E-state index in [0.29, 0.717) is 11.4 Å². The quantitative estimate of drug-likeness (QED) is 0.596. The number of nitrogens with zero attached hydrogens (tertiary/aromatic N) is 3. The van der Waals surface area contributed by atoms with E-state index < -0.39 is 16.1 Å². The van der Waals surface area contributed by atoms with Crippen molar-refractivity contribution < 1.29 is 9.90 Å². The first-order chi connectivity index (χ1) is 16.1. The third-order valence-electron chi connectivity index (χ3n) is 6.99. The Morgan fingerprint density at radius 2 is 1.94 bits per heavy atom. The van der Waals surface area contributed by atoms with Crippen LogP contribution in [-0.4, -0.2) is 38.2 Å². The predicted molar refractivity (Wildman–Crippen MR) is 134 cm³/mol. The van der Waals surface area contributed by atoms with Gasteiger partial charge in [-0.1, -0.05) is 29.8 Å². The highest BCUT2D eigenvalue weighted by molar-refractivity contribution is 6.30. The normalized spacial score (nSPS) is 24.2. The molecule has 8 heteroatoms. The number of alkyl halides is 1. The number of fused-ring (bicyclic) bond motifs is 2. The molecule has 2 atom stereocenters. The van der Waals surface area contributed by atoms with Crippen LogP contribution in [0.1, 0.15) is 61.3 Å². The van der Waals surface area contributed by atoms with Gasteiger partial charge in [-0.3, -0.25) is 19.3 Å². The van der Waals surface area contributed by atoms with Gasteiger partial charge >= 0.3 is 0 Å². The number of amides is 1. The van der Waals surface area contributed by atoms with E-state index in [4.69, 9.17) is 23.2 Å². The summed E-state index contributed by atoms with van der Waals surface area (Å²) in [6, 6.07) is 6.82. The molecule has 2 aliphatic carbocycles. The molecule has 1 aliphatic heterocycles. The Morgan fingerprint density at radius 1 is 1.18 bits per heavy atom.